The molecule has 0 aliphatic heterocycles. The van der Waals surface area contributed by atoms with Crippen molar-refractivity contribution in [2.45, 2.75) is 12.8 Å². The Hall–Kier alpha value is -3.12. The van der Waals surface area contributed by atoms with Gasteiger partial charge in [-0.1, -0.05) is 47.5 Å². The largest absolute Gasteiger partial charge is 0.457 e. The van der Waals surface area contributed by atoms with E-state index in [0.717, 1.165) is 29.5 Å². The van der Waals surface area contributed by atoms with Gasteiger partial charge in [0.15, 0.2) is 5.11 Å². The highest BCUT2D eigenvalue weighted by molar-refractivity contribution is 7.80. The molecule has 4 aromatic rings. The van der Waals surface area contributed by atoms with E-state index in [-0.39, 0.29) is 11.0 Å². The normalized spacial score (nSPS) is 12.4. The summed E-state index contributed by atoms with van der Waals surface area (Å²) in [5.41, 5.74) is 4.30. The molecule has 7 heteroatoms. The van der Waals surface area contributed by atoms with Crippen LogP contribution in [0.3, 0.4) is 0 Å². The molecule has 1 amide bonds. The number of furan rings is 1. The van der Waals surface area contributed by atoms with Crippen LogP contribution in [0.4, 0.5) is 5.69 Å². The van der Waals surface area contributed by atoms with Gasteiger partial charge in [-0.25, -0.2) is 0 Å². The summed E-state index contributed by atoms with van der Waals surface area (Å²) in [6.07, 6.45) is 5.05. The van der Waals surface area contributed by atoms with Crippen molar-refractivity contribution in [1.82, 2.24) is 5.32 Å². The molecular formula is C26H18Cl2N2O2S. The Morgan fingerprint density at radius 2 is 1.82 bits per heavy atom. The maximum atomic E-state index is 12.4. The molecule has 5 rings (SSSR count). The molecule has 4 nitrogen and oxygen atoms in total. The van der Waals surface area contributed by atoms with Crippen LogP contribution in [0.2, 0.25) is 10.0 Å². The number of thiocarbonyl (C=S) groups is 1. The second-order valence-electron chi connectivity index (χ2n) is 7.71. The summed E-state index contributed by atoms with van der Waals surface area (Å²) in [5, 5.41) is 9.49. The predicted octanol–water partition coefficient (Wildman–Crippen LogP) is 7.03. The Bertz CT molecular complexity index is 1430. The predicted molar refractivity (Wildman–Crippen MR) is 139 cm³/mol. The van der Waals surface area contributed by atoms with E-state index in [0.29, 0.717) is 21.6 Å². The van der Waals surface area contributed by atoms with Gasteiger partial charge < -0.3 is 9.73 Å². The molecule has 1 aliphatic rings. The van der Waals surface area contributed by atoms with E-state index in [9.17, 15) is 4.79 Å². The van der Waals surface area contributed by atoms with Crippen molar-refractivity contribution in [1.29, 1.82) is 0 Å². The van der Waals surface area contributed by atoms with Crippen molar-refractivity contribution in [2.24, 2.45) is 0 Å². The van der Waals surface area contributed by atoms with Crippen LogP contribution in [-0.2, 0) is 17.6 Å². The first kappa shape index (κ1) is 21.7. The third-order valence-electron chi connectivity index (χ3n) is 5.58. The summed E-state index contributed by atoms with van der Waals surface area (Å²) in [6.45, 7) is 0. The zero-order valence-corrected chi connectivity index (χ0v) is 19.7. The van der Waals surface area contributed by atoms with E-state index in [1.165, 1.54) is 22.6 Å². The second-order valence-corrected chi connectivity index (χ2v) is 8.97. The summed E-state index contributed by atoms with van der Waals surface area (Å²) < 4.78 is 5.78. The third-order valence-corrected chi connectivity index (χ3v) is 6.34. The first-order chi connectivity index (χ1) is 16.0. The van der Waals surface area contributed by atoms with Gasteiger partial charge in [0.2, 0.25) is 5.91 Å². The molecule has 33 heavy (non-hydrogen) atoms. The molecule has 1 aliphatic carbocycles. The standard InChI is InChI=1S/C26H18Cl2N2O2S/c27-17-7-10-19(21(28)14-17)23-12-8-18(32-23)9-13-24(31)30-26(33)29-22-11-6-16-5-4-15-2-1-3-20(22)25(15)16/h1-3,6-14H,4-5H2,(H2,29,30,31,33)/b13-9+. The van der Waals surface area contributed by atoms with Crippen molar-refractivity contribution in [2.75, 3.05) is 5.32 Å². The van der Waals surface area contributed by atoms with Gasteiger partial charge in [-0.3, -0.25) is 10.1 Å². The van der Waals surface area contributed by atoms with Crippen LogP contribution in [0, 0.1) is 0 Å². The molecule has 3 aromatic carbocycles. The zero-order chi connectivity index (χ0) is 22.9. The minimum atomic E-state index is -0.360. The summed E-state index contributed by atoms with van der Waals surface area (Å²) in [6, 6.07) is 19.1. The van der Waals surface area contributed by atoms with Crippen molar-refractivity contribution >= 4 is 69.0 Å². The molecule has 2 N–H and O–H groups in total. The molecule has 0 atom stereocenters. The number of aryl methyl sites for hydroxylation is 2. The first-order valence-corrected chi connectivity index (χ1v) is 11.5. The Labute approximate surface area is 206 Å². The first-order valence-electron chi connectivity index (χ1n) is 10.4. The summed E-state index contributed by atoms with van der Waals surface area (Å²) >= 11 is 17.5. The third kappa shape index (κ3) is 4.53. The van der Waals surface area contributed by atoms with Crippen LogP contribution < -0.4 is 10.6 Å². The van der Waals surface area contributed by atoms with Gasteiger partial charge in [0.25, 0.3) is 0 Å². The quantitative estimate of drug-likeness (QED) is 0.237. The Morgan fingerprint density at radius 1 is 1.00 bits per heavy atom. The van der Waals surface area contributed by atoms with Crippen molar-refractivity contribution in [3.05, 3.63) is 93.7 Å². The van der Waals surface area contributed by atoms with E-state index in [2.05, 4.69) is 34.9 Å². The number of nitrogens with one attached hydrogen (secondary N) is 2. The minimum absolute atomic E-state index is 0.233. The fourth-order valence-corrected chi connectivity index (χ4v) is 4.81. The van der Waals surface area contributed by atoms with Crippen LogP contribution in [0.25, 0.3) is 28.2 Å². The van der Waals surface area contributed by atoms with Crippen molar-refractivity contribution in [3.8, 4) is 11.3 Å². The monoisotopic (exact) mass is 492 g/mol. The van der Waals surface area contributed by atoms with E-state index in [4.69, 9.17) is 39.8 Å². The SMILES string of the molecule is O=C(/C=C/c1ccc(-c2ccc(Cl)cc2Cl)o1)NC(=S)Nc1ccc2c3c(cccc13)CC2. The fourth-order valence-electron chi connectivity index (χ4n) is 4.10. The average Bonchev–Trinajstić information content (AvgIpc) is 3.42. The van der Waals surface area contributed by atoms with Crippen LogP contribution in [0.5, 0.6) is 0 Å². The summed E-state index contributed by atoms with van der Waals surface area (Å²) in [7, 11) is 0. The highest BCUT2D eigenvalue weighted by Gasteiger charge is 2.16. The molecule has 0 unspecified atom stereocenters. The molecule has 0 fully saturated rings. The Kier molecular flexibility index (Phi) is 5.94. The van der Waals surface area contributed by atoms with Gasteiger partial charge in [0.1, 0.15) is 11.5 Å². The maximum absolute atomic E-state index is 12.4. The molecule has 164 valence electrons. The van der Waals surface area contributed by atoms with Gasteiger partial charge in [0.05, 0.1) is 5.02 Å². The highest BCUT2D eigenvalue weighted by atomic mass is 35.5. The number of anilines is 1. The molecule has 0 saturated heterocycles. The number of rotatable bonds is 4. The van der Waals surface area contributed by atoms with Crippen LogP contribution in [-0.4, -0.2) is 11.0 Å². The van der Waals surface area contributed by atoms with E-state index >= 15 is 0 Å². The van der Waals surface area contributed by atoms with E-state index in [1.807, 2.05) is 6.07 Å². The fraction of sp³-hybridized carbons (Fsp3) is 0.0769. The molecule has 1 heterocycles. The lowest BCUT2D eigenvalue weighted by Crippen LogP contribution is -2.32. The van der Waals surface area contributed by atoms with E-state index < -0.39 is 0 Å². The van der Waals surface area contributed by atoms with Crippen molar-refractivity contribution in [3.63, 3.8) is 0 Å². The van der Waals surface area contributed by atoms with Gasteiger partial charge >= 0.3 is 0 Å². The number of carbonyl (C=O) groups excluding carboxylic acids is 1. The topological polar surface area (TPSA) is 54.3 Å². The minimum Gasteiger partial charge on any atom is -0.457 e. The maximum Gasteiger partial charge on any atom is 0.250 e. The zero-order valence-electron chi connectivity index (χ0n) is 17.3. The van der Waals surface area contributed by atoms with Gasteiger partial charge in [-0.2, -0.15) is 0 Å². The number of benzene rings is 3. The molecule has 1 aromatic heterocycles. The molecule has 0 spiro atoms. The van der Waals surface area contributed by atoms with Gasteiger partial charge in [-0.05, 0) is 84.0 Å². The number of hydrogen-bond donors (Lipinski definition) is 2. The van der Waals surface area contributed by atoms with Crippen LogP contribution in [0.1, 0.15) is 16.9 Å². The summed E-state index contributed by atoms with van der Waals surface area (Å²) in [4.78, 5) is 12.4. The van der Waals surface area contributed by atoms with Gasteiger partial charge in [0, 0.05) is 27.7 Å². The Morgan fingerprint density at radius 3 is 2.64 bits per heavy atom. The average molecular weight is 493 g/mol. The van der Waals surface area contributed by atoms with Gasteiger partial charge in [-0.15, -0.1) is 0 Å². The van der Waals surface area contributed by atoms with Crippen molar-refractivity contribution < 1.29 is 9.21 Å². The molecule has 0 saturated carbocycles. The lowest BCUT2D eigenvalue weighted by Gasteiger charge is -2.12. The van der Waals surface area contributed by atoms with Crippen LogP contribution >= 0.6 is 35.4 Å². The number of carbonyl (C=O) groups is 1. The number of hydrogen-bond acceptors (Lipinski definition) is 3. The smallest absolute Gasteiger partial charge is 0.250 e. The number of halogens is 2. The second kappa shape index (κ2) is 9.02. The highest BCUT2D eigenvalue weighted by Crippen LogP contribution is 2.35. The molecule has 0 bridgehead atoms. The van der Waals surface area contributed by atoms with E-state index in [1.54, 1.807) is 36.4 Å². The lowest BCUT2D eigenvalue weighted by molar-refractivity contribution is -0.115. The molecular weight excluding hydrogens is 475 g/mol. The number of amides is 1. The summed E-state index contributed by atoms with van der Waals surface area (Å²) in [5.74, 6) is 0.736. The lowest BCUT2D eigenvalue weighted by atomic mass is 10.0. The molecule has 0 radical (unpaired) electrons. The Balaban J connectivity index is 1.24. The van der Waals surface area contributed by atoms with Crippen LogP contribution in [0.15, 0.2) is 71.2 Å².